The van der Waals surface area contributed by atoms with Crippen LogP contribution in [0.1, 0.15) is 36.1 Å². The molecule has 0 bridgehead atoms. The van der Waals surface area contributed by atoms with E-state index in [0.29, 0.717) is 5.69 Å². The molecule has 0 aliphatic rings. The Labute approximate surface area is 181 Å². The Morgan fingerprint density at radius 3 is 2.16 bits per heavy atom. The topological polar surface area (TPSA) is 114 Å². The number of carbonyl (C=O) groups is 4. The fourth-order valence-electron chi connectivity index (χ4n) is 2.98. The number of para-hydroxylation sites is 1. The molecule has 0 radical (unpaired) electrons. The van der Waals surface area contributed by atoms with E-state index in [2.05, 4.69) is 16.0 Å². The molecule has 31 heavy (non-hydrogen) atoms. The Kier molecular flexibility index (Phi) is 8.75. The van der Waals surface area contributed by atoms with Gasteiger partial charge in [-0.25, -0.2) is 0 Å². The van der Waals surface area contributed by atoms with Gasteiger partial charge in [0.25, 0.3) is 5.91 Å². The van der Waals surface area contributed by atoms with Gasteiger partial charge in [0.15, 0.2) is 6.61 Å². The van der Waals surface area contributed by atoms with Gasteiger partial charge in [0.05, 0.1) is 19.0 Å². The number of amides is 3. The number of ether oxygens (including phenoxy) is 1. The Morgan fingerprint density at radius 1 is 0.903 bits per heavy atom. The minimum Gasteiger partial charge on any atom is -0.456 e. The fraction of sp³-hybridized carbons (Fsp3) is 0.304. The summed E-state index contributed by atoms with van der Waals surface area (Å²) in [6.45, 7) is 4.35. The average Bonchev–Trinajstić information content (AvgIpc) is 2.73. The van der Waals surface area contributed by atoms with Crippen molar-refractivity contribution in [2.45, 2.75) is 33.2 Å². The van der Waals surface area contributed by atoms with Crippen LogP contribution in [-0.2, 0) is 23.9 Å². The molecular weight excluding hydrogens is 398 g/mol. The van der Waals surface area contributed by atoms with Crippen LogP contribution in [0.4, 0.5) is 5.69 Å². The van der Waals surface area contributed by atoms with Gasteiger partial charge >= 0.3 is 5.97 Å². The van der Waals surface area contributed by atoms with Gasteiger partial charge in [0, 0.05) is 12.6 Å². The first-order valence-electron chi connectivity index (χ1n) is 9.86. The van der Waals surface area contributed by atoms with Gasteiger partial charge in [-0.2, -0.15) is 0 Å². The highest BCUT2D eigenvalue weighted by atomic mass is 16.5. The summed E-state index contributed by atoms with van der Waals surface area (Å²) in [4.78, 5) is 47.6. The Bertz CT molecular complexity index is 923. The van der Waals surface area contributed by atoms with Crippen molar-refractivity contribution in [3.8, 4) is 0 Å². The molecule has 0 heterocycles. The maximum Gasteiger partial charge on any atom is 0.308 e. The van der Waals surface area contributed by atoms with Crippen molar-refractivity contribution in [1.82, 2.24) is 10.6 Å². The molecule has 0 spiro atoms. The molecule has 0 saturated heterocycles. The molecule has 2 rings (SSSR count). The molecule has 0 aliphatic heterocycles. The highest BCUT2D eigenvalue weighted by molar-refractivity contribution is 5.96. The second-order valence-electron chi connectivity index (χ2n) is 7.12. The summed E-state index contributed by atoms with van der Waals surface area (Å²) in [6.07, 6.45) is -0.121. The van der Waals surface area contributed by atoms with Crippen molar-refractivity contribution in [3.05, 3.63) is 65.2 Å². The standard InChI is InChI=1S/C23H27N3O5/c1-15-8-7-9-16(2)23(15)26-20(28)13-24-21(29)14-31-22(30)12-19(25-17(3)27)18-10-5-4-6-11-18/h4-11,19H,12-14H2,1-3H3,(H,24,29)(H,25,27)(H,26,28)/t19-/m0/s1. The van der Waals surface area contributed by atoms with E-state index < -0.39 is 24.5 Å². The minimum absolute atomic E-state index is 0.121. The molecule has 0 fully saturated rings. The van der Waals surface area contributed by atoms with Gasteiger partial charge in [-0.05, 0) is 30.5 Å². The predicted molar refractivity (Wildman–Crippen MR) is 116 cm³/mol. The van der Waals surface area contributed by atoms with Gasteiger partial charge in [-0.3, -0.25) is 19.2 Å². The van der Waals surface area contributed by atoms with Crippen LogP contribution in [-0.4, -0.2) is 36.8 Å². The van der Waals surface area contributed by atoms with Crippen molar-refractivity contribution in [2.24, 2.45) is 0 Å². The lowest BCUT2D eigenvalue weighted by Gasteiger charge is -2.17. The number of nitrogens with one attached hydrogen (secondary N) is 3. The van der Waals surface area contributed by atoms with E-state index in [1.807, 2.05) is 38.1 Å². The zero-order valence-corrected chi connectivity index (χ0v) is 17.9. The summed E-state index contributed by atoms with van der Waals surface area (Å²) in [7, 11) is 0. The largest absolute Gasteiger partial charge is 0.456 e. The van der Waals surface area contributed by atoms with E-state index in [9.17, 15) is 19.2 Å². The Morgan fingerprint density at radius 2 is 1.55 bits per heavy atom. The average molecular weight is 425 g/mol. The lowest BCUT2D eigenvalue weighted by molar-refractivity contribution is -0.149. The van der Waals surface area contributed by atoms with Crippen LogP contribution in [0.2, 0.25) is 0 Å². The highest BCUT2D eigenvalue weighted by Crippen LogP contribution is 2.19. The summed E-state index contributed by atoms with van der Waals surface area (Å²) in [5.74, 6) is -1.90. The van der Waals surface area contributed by atoms with Crippen molar-refractivity contribution >= 4 is 29.4 Å². The number of anilines is 1. The van der Waals surface area contributed by atoms with Crippen LogP contribution in [0, 0.1) is 13.8 Å². The molecule has 2 aromatic carbocycles. The number of rotatable bonds is 9. The van der Waals surface area contributed by atoms with E-state index in [-0.39, 0.29) is 24.8 Å². The third kappa shape index (κ3) is 7.93. The van der Waals surface area contributed by atoms with E-state index in [1.165, 1.54) is 6.92 Å². The van der Waals surface area contributed by atoms with E-state index >= 15 is 0 Å². The molecule has 3 N–H and O–H groups in total. The molecule has 0 unspecified atom stereocenters. The van der Waals surface area contributed by atoms with Crippen LogP contribution in [0.15, 0.2) is 48.5 Å². The lowest BCUT2D eigenvalue weighted by atomic mass is 10.0. The molecule has 3 amide bonds. The molecule has 164 valence electrons. The van der Waals surface area contributed by atoms with Crippen LogP contribution in [0.3, 0.4) is 0 Å². The lowest BCUT2D eigenvalue weighted by Crippen LogP contribution is -2.36. The first-order valence-corrected chi connectivity index (χ1v) is 9.86. The van der Waals surface area contributed by atoms with Crippen LogP contribution in [0.25, 0.3) is 0 Å². The summed E-state index contributed by atoms with van der Waals surface area (Å²) >= 11 is 0. The second-order valence-corrected chi connectivity index (χ2v) is 7.12. The van der Waals surface area contributed by atoms with Crippen molar-refractivity contribution < 1.29 is 23.9 Å². The van der Waals surface area contributed by atoms with Gasteiger partial charge in [0.2, 0.25) is 11.8 Å². The number of esters is 1. The molecule has 0 aliphatic carbocycles. The SMILES string of the molecule is CC(=O)N[C@@H](CC(=O)OCC(=O)NCC(=O)Nc1c(C)cccc1C)c1ccccc1. The van der Waals surface area contributed by atoms with Crippen LogP contribution >= 0.6 is 0 Å². The molecule has 8 heteroatoms. The second kappa shape index (κ2) is 11.5. The van der Waals surface area contributed by atoms with Crippen LogP contribution < -0.4 is 16.0 Å². The molecule has 1 atom stereocenters. The van der Waals surface area contributed by atoms with E-state index in [0.717, 1.165) is 16.7 Å². The van der Waals surface area contributed by atoms with E-state index in [1.54, 1.807) is 24.3 Å². The Hall–Kier alpha value is -3.68. The van der Waals surface area contributed by atoms with Crippen molar-refractivity contribution in [2.75, 3.05) is 18.5 Å². The maximum absolute atomic E-state index is 12.1. The zero-order chi connectivity index (χ0) is 22.8. The summed E-state index contributed by atoms with van der Waals surface area (Å²) in [5.41, 5.74) is 3.29. The van der Waals surface area contributed by atoms with Gasteiger partial charge < -0.3 is 20.7 Å². The molecule has 2 aromatic rings. The monoisotopic (exact) mass is 425 g/mol. The smallest absolute Gasteiger partial charge is 0.308 e. The van der Waals surface area contributed by atoms with E-state index in [4.69, 9.17) is 4.74 Å². The molecule has 8 nitrogen and oxygen atoms in total. The van der Waals surface area contributed by atoms with Crippen molar-refractivity contribution in [1.29, 1.82) is 0 Å². The molecule has 0 saturated carbocycles. The quantitative estimate of drug-likeness (QED) is 0.533. The molecular formula is C23H27N3O5. The fourth-order valence-corrected chi connectivity index (χ4v) is 2.98. The zero-order valence-electron chi connectivity index (χ0n) is 17.9. The highest BCUT2D eigenvalue weighted by Gasteiger charge is 2.19. The third-order valence-corrected chi connectivity index (χ3v) is 4.51. The van der Waals surface area contributed by atoms with Gasteiger partial charge in [-0.1, -0.05) is 48.5 Å². The maximum atomic E-state index is 12.1. The number of hydrogen-bond donors (Lipinski definition) is 3. The van der Waals surface area contributed by atoms with Crippen LogP contribution in [0.5, 0.6) is 0 Å². The number of carbonyl (C=O) groups excluding carboxylic acids is 4. The summed E-state index contributed by atoms with van der Waals surface area (Å²) in [6, 6.07) is 14.1. The van der Waals surface area contributed by atoms with Gasteiger partial charge in [0.1, 0.15) is 0 Å². The minimum atomic E-state index is -0.641. The normalized spacial score (nSPS) is 11.2. The van der Waals surface area contributed by atoms with Crippen molar-refractivity contribution in [3.63, 3.8) is 0 Å². The first-order chi connectivity index (χ1) is 14.8. The molecule has 0 aromatic heterocycles. The number of benzene rings is 2. The third-order valence-electron chi connectivity index (χ3n) is 4.51. The number of hydrogen-bond acceptors (Lipinski definition) is 5. The number of aryl methyl sites for hydroxylation is 2. The Balaban J connectivity index is 1.78. The summed E-state index contributed by atoms with van der Waals surface area (Å²) in [5, 5.41) is 7.87. The van der Waals surface area contributed by atoms with Gasteiger partial charge in [-0.15, -0.1) is 0 Å². The first kappa shape index (κ1) is 23.6. The summed E-state index contributed by atoms with van der Waals surface area (Å²) < 4.78 is 4.99. The predicted octanol–water partition coefficient (Wildman–Crippen LogP) is 2.17.